The predicted molar refractivity (Wildman–Crippen MR) is 99.0 cm³/mol. The summed E-state index contributed by atoms with van der Waals surface area (Å²) in [6, 6.07) is 9.13. The summed E-state index contributed by atoms with van der Waals surface area (Å²) in [4.78, 5) is 43.7. The van der Waals surface area contributed by atoms with E-state index in [4.69, 9.17) is 0 Å². The van der Waals surface area contributed by atoms with Gasteiger partial charge in [0.1, 0.15) is 0 Å². The molecule has 1 heterocycles. The van der Waals surface area contributed by atoms with Crippen LogP contribution in [0.5, 0.6) is 0 Å². The van der Waals surface area contributed by atoms with Gasteiger partial charge in [-0.15, -0.1) is 0 Å². The van der Waals surface area contributed by atoms with Crippen LogP contribution in [0.25, 0.3) is 0 Å². The number of amides is 1. The van der Waals surface area contributed by atoms with Crippen molar-refractivity contribution in [2.24, 2.45) is 0 Å². The average molecular weight is 375 g/mol. The van der Waals surface area contributed by atoms with E-state index in [-0.39, 0.29) is 23.6 Å². The second-order valence-electron chi connectivity index (χ2n) is 5.76. The molecule has 1 aromatic carbocycles. The fraction of sp³-hybridized carbons (Fsp3) is 0.333. The number of aromatic amines is 1. The molecule has 8 heteroatoms. The van der Waals surface area contributed by atoms with Gasteiger partial charge in [0.15, 0.2) is 5.16 Å². The minimum Gasteiger partial charge on any atom is -0.469 e. The summed E-state index contributed by atoms with van der Waals surface area (Å²) in [7, 11) is 3.01. The molecule has 2 aromatic rings. The van der Waals surface area contributed by atoms with E-state index < -0.39 is 5.97 Å². The minimum atomic E-state index is -0.479. The third-order valence-electron chi connectivity index (χ3n) is 3.75. The Kier molecular flexibility index (Phi) is 6.97. The highest BCUT2D eigenvalue weighted by Gasteiger charge is 2.13. The molecule has 0 saturated heterocycles. The Morgan fingerprint density at radius 1 is 1.31 bits per heavy atom. The highest BCUT2D eigenvalue weighted by atomic mass is 32.2. The Balaban J connectivity index is 1.97. The molecule has 0 aliphatic heterocycles. The third-order valence-corrected chi connectivity index (χ3v) is 4.61. The number of nitrogens with zero attached hydrogens (tertiary/aromatic N) is 2. The van der Waals surface area contributed by atoms with Gasteiger partial charge in [-0.2, -0.15) is 0 Å². The van der Waals surface area contributed by atoms with Gasteiger partial charge in [-0.05, 0) is 18.1 Å². The quantitative estimate of drug-likeness (QED) is 0.448. The van der Waals surface area contributed by atoms with Gasteiger partial charge in [-0.25, -0.2) is 4.98 Å². The van der Waals surface area contributed by atoms with Gasteiger partial charge in [-0.3, -0.25) is 14.4 Å². The third kappa shape index (κ3) is 5.73. The maximum Gasteiger partial charge on any atom is 0.311 e. The van der Waals surface area contributed by atoms with Crippen LogP contribution >= 0.6 is 11.8 Å². The molecule has 138 valence electrons. The lowest BCUT2D eigenvalue weighted by Crippen LogP contribution is -2.28. The second kappa shape index (κ2) is 9.19. The number of benzene rings is 1. The van der Waals surface area contributed by atoms with Crippen LogP contribution in [0.15, 0.2) is 40.3 Å². The maximum atomic E-state index is 12.3. The Bertz CT molecular complexity index is 850. The number of esters is 1. The normalized spacial score (nSPS) is 10.4. The first kappa shape index (κ1) is 19.7. The van der Waals surface area contributed by atoms with Crippen molar-refractivity contribution in [2.75, 3.05) is 19.9 Å². The van der Waals surface area contributed by atoms with E-state index in [1.165, 1.54) is 13.2 Å². The number of aromatic nitrogens is 2. The summed E-state index contributed by atoms with van der Waals surface area (Å²) >= 11 is 1.12. The van der Waals surface area contributed by atoms with Crippen LogP contribution in [0.1, 0.15) is 16.8 Å². The fourth-order valence-electron chi connectivity index (χ4n) is 2.23. The zero-order chi connectivity index (χ0) is 19.1. The van der Waals surface area contributed by atoms with Gasteiger partial charge < -0.3 is 14.6 Å². The molecule has 0 unspecified atom stereocenters. The average Bonchev–Trinajstić information content (AvgIpc) is 2.61. The maximum absolute atomic E-state index is 12.3. The van der Waals surface area contributed by atoms with Crippen molar-refractivity contribution < 1.29 is 14.3 Å². The highest BCUT2D eigenvalue weighted by molar-refractivity contribution is 7.99. The second-order valence-corrected chi connectivity index (χ2v) is 6.72. The van der Waals surface area contributed by atoms with E-state index in [1.807, 2.05) is 31.2 Å². The molecular formula is C18H21N3O4S. The van der Waals surface area contributed by atoms with E-state index in [2.05, 4.69) is 14.7 Å². The van der Waals surface area contributed by atoms with E-state index >= 15 is 0 Å². The first-order valence-electron chi connectivity index (χ1n) is 7.97. The first-order chi connectivity index (χ1) is 12.4. The zero-order valence-electron chi connectivity index (χ0n) is 14.9. The first-order valence-corrected chi connectivity index (χ1v) is 8.96. The number of hydrogen-bond donors (Lipinski definition) is 1. The zero-order valence-corrected chi connectivity index (χ0v) is 15.8. The SMILES string of the molecule is COC(=O)Cc1cc(=O)[nH]c(SCC(=O)N(C)Cc2ccccc2C)n1. The lowest BCUT2D eigenvalue weighted by molar-refractivity contribution is -0.139. The van der Waals surface area contributed by atoms with E-state index in [9.17, 15) is 14.4 Å². The van der Waals surface area contributed by atoms with Crippen molar-refractivity contribution in [2.45, 2.75) is 25.0 Å². The van der Waals surface area contributed by atoms with Crippen LogP contribution < -0.4 is 5.56 Å². The monoisotopic (exact) mass is 375 g/mol. The standard InChI is InChI=1S/C18H21N3O4S/c1-12-6-4-5-7-13(12)10-21(2)16(23)11-26-18-19-14(8-15(22)20-18)9-17(24)25-3/h4-8H,9-11H2,1-3H3,(H,19,20,22). The van der Waals surface area contributed by atoms with Crippen molar-refractivity contribution >= 4 is 23.6 Å². The number of carbonyl (C=O) groups is 2. The van der Waals surface area contributed by atoms with Gasteiger partial charge in [0.25, 0.3) is 5.56 Å². The Labute approximate surface area is 155 Å². The van der Waals surface area contributed by atoms with Gasteiger partial charge >= 0.3 is 5.97 Å². The van der Waals surface area contributed by atoms with Gasteiger partial charge in [0, 0.05) is 19.7 Å². The fourth-order valence-corrected chi connectivity index (χ4v) is 3.07. The Morgan fingerprint density at radius 2 is 2.04 bits per heavy atom. The molecule has 1 amide bonds. The largest absolute Gasteiger partial charge is 0.469 e. The van der Waals surface area contributed by atoms with E-state index in [0.29, 0.717) is 17.4 Å². The number of hydrogen-bond acceptors (Lipinski definition) is 6. The number of carbonyl (C=O) groups excluding carboxylic acids is 2. The van der Waals surface area contributed by atoms with Gasteiger partial charge in [0.05, 0.1) is 25.0 Å². The highest BCUT2D eigenvalue weighted by Crippen LogP contribution is 2.14. The molecule has 0 spiro atoms. The van der Waals surface area contributed by atoms with Gasteiger partial charge in [0.2, 0.25) is 5.91 Å². The summed E-state index contributed by atoms with van der Waals surface area (Å²) in [5, 5.41) is 0.300. The van der Waals surface area contributed by atoms with Crippen LogP contribution in [-0.2, 0) is 27.3 Å². The number of thioether (sulfide) groups is 1. The van der Waals surface area contributed by atoms with Crippen molar-refractivity contribution in [1.82, 2.24) is 14.9 Å². The number of methoxy groups -OCH3 is 1. The Hall–Kier alpha value is -2.61. The lowest BCUT2D eigenvalue weighted by atomic mass is 10.1. The summed E-state index contributed by atoms with van der Waals surface area (Å²) in [5.74, 6) is -0.431. The number of H-pyrrole nitrogens is 1. The summed E-state index contributed by atoms with van der Waals surface area (Å²) < 4.78 is 4.57. The molecule has 7 nitrogen and oxygen atoms in total. The summed E-state index contributed by atoms with van der Waals surface area (Å²) in [5.41, 5.74) is 2.15. The van der Waals surface area contributed by atoms with Crippen molar-refractivity contribution in [3.05, 3.63) is 57.5 Å². The van der Waals surface area contributed by atoms with Crippen molar-refractivity contribution in [3.63, 3.8) is 0 Å². The van der Waals surface area contributed by atoms with Crippen LogP contribution in [0.2, 0.25) is 0 Å². The number of ether oxygens (including phenoxy) is 1. The van der Waals surface area contributed by atoms with Crippen molar-refractivity contribution in [3.8, 4) is 0 Å². The molecule has 0 saturated carbocycles. The molecular weight excluding hydrogens is 354 g/mol. The molecule has 26 heavy (non-hydrogen) atoms. The molecule has 1 N–H and O–H groups in total. The lowest BCUT2D eigenvalue weighted by Gasteiger charge is -2.18. The number of nitrogens with one attached hydrogen (secondary N) is 1. The smallest absolute Gasteiger partial charge is 0.311 e. The topological polar surface area (TPSA) is 92.4 Å². The molecule has 0 bridgehead atoms. The molecule has 0 atom stereocenters. The molecule has 0 aliphatic rings. The van der Waals surface area contributed by atoms with E-state index in [0.717, 1.165) is 22.9 Å². The van der Waals surface area contributed by atoms with Crippen LogP contribution in [-0.4, -0.2) is 46.7 Å². The van der Waals surface area contributed by atoms with Crippen LogP contribution in [0.3, 0.4) is 0 Å². The number of rotatable bonds is 7. The van der Waals surface area contributed by atoms with Crippen LogP contribution in [0, 0.1) is 6.92 Å². The molecule has 0 aliphatic carbocycles. The minimum absolute atomic E-state index is 0.0840. The van der Waals surface area contributed by atoms with Gasteiger partial charge in [-0.1, -0.05) is 36.0 Å². The summed E-state index contributed by atoms with van der Waals surface area (Å²) in [6.45, 7) is 2.52. The molecule has 1 aromatic heterocycles. The predicted octanol–water partition coefficient (Wildman–Crippen LogP) is 1.54. The molecule has 0 radical (unpaired) electrons. The van der Waals surface area contributed by atoms with E-state index in [1.54, 1.807) is 11.9 Å². The number of aryl methyl sites for hydroxylation is 1. The Morgan fingerprint density at radius 3 is 2.73 bits per heavy atom. The molecule has 0 fully saturated rings. The molecule has 2 rings (SSSR count). The van der Waals surface area contributed by atoms with Crippen molar-refractivity contribution in [1.29, 1.82) is 0 Å². The van der Waals surface area contributed by atoms with Crippen LogP contribution in [0.4, 0.5) is 0 Å². The summed E-state index contributed by atoms with van der Waals surface area (Å²) in [6.07, 6.45) is -0.0882.